The Hall–Kier alpha value is -1.35. The van der Waals surface area contributed by atoms with Gasteiger partial charge in [0, 0.05) is 25.0 Å². The molecular weight excluding hydrogens is 260 g/mol. The Bertz CT molecular complexity index is 454. The van der Waals surface area contributed by atoms with Crippen molar-refractivity contribution in [2.75, 3.05) is 13.1 Å². The van der Waals surface area contributed by atoms with Crippen LogP contribution in [0.4, 0.5) is 0 Å². The van der Waals surface area contributed by atoms with Gasteiger partial charge in [0.1, 0.15) is 0 Å². The van der Waals surface area contributed by atoms with Gasteiger partial charge in [0.05, 0.1) is 0 Å². The number of hydrogen-bond acceptors (Lipinski definition) is 2. The lowest BCUT2D eigenvalue weighted by Gasteiger charge is -2.25. The maximum Gasteiger partial charge on any atom is 0.221 e. The van der Waals surface area contributed by atoms with Crippen LogP contribution in [0.25, 0.3) is 0 Å². The zero-order valence-corrected chi connectivity index (χ0v) is 12.8. The number of nitrogens with one attached hydrogen (secondary N) is 1. The van der Waals surface area contributed by atoms with E-state index in [1.54, 1.807) is 0 Å². The molecule has 1 saturated heterocycles. The molecule has 1 aliphatic heterocycles. The Morgan fingerprint density at radius 1 is 1.10 bits per heavy atom. The monoisotopic (exact) mass is 286 g/mol. The Balaban J connectivity index is 1.48. The second-order valence-corrected chi connectivity index (χ2v) is 6.40. The van der Waals surface area contributed by atoms with Crippen LogP contribution in [0.5, 0.6) is 0 Å². The molecule has 1 heterocycles. The summed E-state index contributed by atoms with van der Waals surface area (Å²) in [5.74, 6) is 0.237. The summed E-state index contributed by atoms with van der Waals surface area (Å²) in [6, 6.07) is 11.7. The van der Waals surface area contributed by atoms with Crippen LogP contribution >= 0.6 is 0 Å². The molecule has 1 aliphatic carbocycles. The Labute approximate surface area is 127 Å². The van der Waals surface area contributed by atoms with Gasteiger partial charge >= 0.3 is 0 Å². The third-order valence-corrected chi connectivity index (χ3v) is 4.89. The summed E-state index contributed by atoms with van der Waals surface area (Å²) < 4.78 is 0. The number of benzene rings is 1. The zero-order valence-electron chi connectivity index (χ0n) is 12.8. The highest BCUT2D eigenvalue weighted by Crippen LogP contribution is 2.31. The van der Waals surface area contributed by atoms with Gasteiger partial charge in [0.25, 0.3) is 0 Å². The van der Waals surface area contributed by atoms with Crippen molar-refractivity contribution in [2.24, 2.45) is 0 Å². The fraction of sp³-hybridized carbons (Fsp3) is 0.611. The molecule has 0 aromatic heterocycles. The molecule has 1 amide bonds. The lowest BCUT2D eigenvalue weighted by Crippen LogP contribution is -2.35. The molecule has 1 N–H and O–H groups in total. The second kappa shape index (κ2) is 7.08. The molecule has 1 aromatic carbocycles. The Morgan fingerprint density at radius 3 is 2.62 bits per heavy atom. The number of carbonyl (C=O) groups excluding carboxylic acids is 1. The second-order valence-electron chi connectivity index (χ2n) is 6.40. The predicted molar refractivity (Wildman–Crippen MR) is 85.0 cm³/mol. The molecule has 1 atom stereocenters. The molecule has 1 aromatic rings. The van der Waals surface area contributed by atoms with Crippen molar-refractivity contribution < 1.29 is 4.79 Å². The van der Waals surface area contributed by atoms with E-state index in [9.17, 15) is 4.79 Å². The summed E-state index contributed by atoms with van der Waals surface area (Å²) in [5.41, 5.74) is 1.39. The highest BCUT2D eigenvalue weighted by atomic mass is 16.1. The third kappa shape index (κ3) is 3.85. The maximum absolute atomic E-state index is 12.1. The van der Waals surface area contributed by atoms with E-state index in [2.05, 4.69) is 40.5 Å². The molecule has 0 unspecified atom stereocenters. The van der Waals surface area contributed by atoms with E-state index >= 15 is 0 Å². The van der Waals surface area contributed by atoms with Crippen molar-refractivity contribution in [1.29, 1.82) is 0 Å². The minimum absolute atomic E-state index is 0.237. The minimum Gasteiger partial charge on any atom is -0.353 e. The van der Waals surface area contributed by atoms with Gasteiger partial charge in [0.15, 0.2) is 0 Å². The summed E-state index contributed by atoms with van der Waals surface area (Å²) in [6.45, 7) is 2.01. The Kier molecular flexibility index (Phi) is 4.91. The first-order chi connectivity index (χ1) is 10.3. The number of carbonyl (C=O) groups is 1. The largest absolute Gasteiger partial charge is 0.353 e. The quantitative estimate of drug-likeness (QED) is 0.901. The number of nitrogens with zero attached hydrogens (tertiary/aromatic N) is 1. The van der Waals surface area contributed by atoms with E-state index in [0.29, 0.717) is 18.5 Å². The van der Waals surface area contributed by atoms with E-state index in [0.717, 1.165) is 13.1 Å². The van der Waals surface area contributed by atoms with Crippen LogP contribution in [-0.2, 0) is 4.79 Å². The van der Waals surface area contributed by atoms with E-state index < -0.39 is 0 Å². The van der Waals surface area contributed by atoms with Crippen molar-refractivity contribution in [3.63, 3.8) is 0 Å². The maximum atomic E-state index is 12.1. The minimum atomic E-state index is 0.237. The van der Waals surface area contributed by atoms with E-state index in [4.69, 9.17) is 0 Å². The van der Waals surface area contributed by atoms with Gasteiger partial charge in [0.2, 0.25) is 5.91 Å². The van der Waals surface area contributed by atoms with Crippen LogP contribution in [-0.4, -0.2) is 29.9 Å². The number of likely N-dealkylation sites (tertiary alicyclic amines) is 1. The highest BCUT2D eigenvalue weighted by molar-refractivity contribution is 5.76. The molecule has 3 rings (SSSR count). The van der Waals surface area contributed by atoms with E-state index in [-0.39, 0.29) is 5.91 Å². The van der Waals surface area contributed by atoms with Gasteiger partial charge in [-0.15, -0.1) is 0 Å². The molecule has 21 heavy (non-hydrogen) atoms. The molecule has 3 heteroatoms. The molecule has 0 radical (unpaired) electrons. The lowest BCUT2D eigenvalue weighted by atomic mass is 10.0. The first-order valence-electron chi connectivity index (χ1n) is 8.41. The van der Waals surface area contributed by atoms with Gasteiger partial charge in [-0.25, -0.2) is 0 Å². The molecule has 3 nitrogen and oxygen atoms in total. The van der Waals surface area contributed by atoms with Crippen molar-refractivity contribution in [3.8, 4) is 0 Å². The van der Waals surface area contributed by atoms with Crippen LogP contribution < -0.4 is 5.32 Å². The summed E-state index contributed by atoms with van der Waals surface area (Å²) in [6.07, 6.45) is 7.97. The van der Waals surface area contributed by atoms with E-state index in [1.165, 1.54) is 44.1 Å². The molecular formula is C18H26N2O. The van der Waals surface area contributed by atoms with Crippen LogP contribution in [0.15, 0.2) is 30.3 Å². The number of amides is 1. The fourth-order valence-corrected chi connectivity index (χ4v) is 3.76. The fourth-order valence-electron chi connectivity index (χ4n) is 3.76. The van der Waals surface area contributed by atoms with Crippen molar-refractivity contribution in [1.82, 2.24) is 10.2 Å². The van der Waals surface area contributed by atoms with E-state index in [1.807, 2.05) is 0 Å². The molecule has 114 valence electrons. The van der Waals surface area contributed by atoms with Gasteiger partial charge in [-0.3, -0.25) is 9.69 Å². The van der Waals surface area contributed by atoms with Gasteiger partial charge in [-0.1, -0.05) is 43.2 Å². The topological polar surface area (TPSA) is 32.3 Å². The molecule has 2 aliphatic rings. The summed E-state index contributed by atoms with van der Waals surface area (Å²) in [4.78, 5) is 14.5. The Morgan fingerprint density at radius 2 is 1.86 bits per heavy atom. The summed E-state index contributed by atoms with van der Waals surface area (Å²) in [5, 5.41) is 3.19. The van der Waals surface area contributed by atoms with Crippen molar-refractivity contribution >= 4 is 5.91 Å². The third-order valence-electron chi connectivity index (χ3n) is 4.89. The first kappa shape index (κ1) is 14.6. The van der Waals surface area contributed by atoms with Crippen LogP contribution in [0, 0.1) is 0 Å². The standard InChI is InChI=1S/C18H26N2O/c21-18(19-16-9-4-5-10-16)12-14-20-13-6-11-17(20)15-7-2-1-3-8-15/h1-3,7-8,16-17H,4-6,9-14H2,(H,19,21)/t17-/m0/s1. The van der Waals surface area contributed by atoms with Gasteiger partial charge < -0.3 is 5.32 Å². The normalized spacial score (nSPS) is 23.5. The SMILES string of the molecule is O=C(CCN1CCC[C@H]1c1ccccc1)NC1CCCC1. The lowest BCUT2D eigenvalue weighted by molar-refractivity contribution is -0.122. The zero-order chi connectivity index (χ0) is 14.5. The average Bonchev–Trinajstić information content (AvgIpc) is 3.17. The van der Waals surface area contributed by atoms with Gasteiger partial charge in [-0.05, 0) is 37.8 Å². The van der Waals surface area contributed by atoms with Crippen LogP contribution in [0.2, 0.25) is 0 Å². The summed E-state index contributed by atoms with van der Waals surface area (Å²) >= 11 is 0. The summed E-state index contributed by atoms with van der Waals surface area (Å²) in [7, 11) is 0. The molecule has 0 bridgehead atoms. The molecule has 0 spiro atoms. The average molecular weight is 286 g/mol. The van der Waals surface area contributed by atoms with Gasteiger partial charge in [-0.2, -0.15) is 0 Å². The molecule has 2 fully saturated rings. The first-order valence-corrected chi connectivity index (χ1v) is 8.41. The van der Waals surface area contributed by atoms with Crippen LogP contribution in [0.1, 0.15) is 56.6 Å². The number of rotatable bonds is 5. The predicted octanol–water partition coefficient (Wildman–Crippen LogP) is 3.27. The smallest absolute Gasteiger partial charge is 0.221 e. The van der Waals surface area contributed by atoms with Crippen LogP contribution in [0.3, 0.4) is 0 Å². The van der Waals surface area contributed by atoms with Crippen molar-refractivity contribution in [2.45, 2.75) is 57.0 Å². The number of hydrogen-bond donors (Lipinski definition) is 1. The molecule has 1 saturated carbocycles. The van der Waals surface area contributed by atoms with Crippen molar-refractivity contribution in [3.05, 3.63) is 35.9 Å². The highest BCUT2D eigenvalue weighted by Gasteiger charge is 2.26.